The number of carbonyl (C=O) groups is 1. The van der Waals surface area contributed by atoms with Crippen molar-refractivity contribution in [2.45, 2.75) is 20.3 Å². The van der Waals surface area contributed by atoms with Gasteiger partial charge in [0.25, 0.3) is 0 Å². The van der Waals surface area contributed by atoms with Gasteiger partial charge in [-0.1, -0.05) is 0 Å². The molecule has 16 heavy (non-hydrogen) atoms. The lowest BCUT2D eigenvalue weighted by atomic mass is 9.85. The zero-order valence-electron chi connectivity index (χ0n) is 9.43. The van der Waals surface area contributed by atoms with Crippen molar-refractivity contribution in [2.75, 3.05) is 6.61 Å². The predicted molar refractivity (Wildman–Crippen MR) is 58.3 cm³/mol. The van der Waals surface area contributed by atoms with E-state index >= 15 is 0 Å². The summed E-state index contributed by atoms with van der Waals surface area (Å²) in [4.78, 5) is 15.5. The predicted octanol–water partition coefficient (Wildman–Crippen LogP) is 1.72. The number of ether oxygens (including phenoxy) is 1. The second-order valence-corrected chi connectivity index (χ2v) is 3.70. The van der Waals surface area contributed by atoms with Gasteiger partial charge in [0.1, 0.15) is 0 Å². The van der Waals surface area contributed by atoms with Crippen LogP contribution in [0.15, 0.2) is 24.5 Å². The van der Waals surface area contributed by atoms with E-state index < -0.39 is 11.4 Å². The van der Waals surface area contributed by atoms with E-state index in [0.717, 1.165) is 5.56 Å². The van der Waals surface area contributed by atoms with Crippen molar-refractivity contribution in [3.05, 3.63) is 30.1 Å². The number of pyridine rings is 1. The van der Waals surface area contributed by atoms with Crippen LogP contribution in [0.2, 0.25) is 0 Å². The number of carbonyl (C=O) groups excluding carboxylic acids is 1. The van der Waals surface area contributed by atoms with Gasteiger partial charge >= 0.3 is 5.97 Å². The molecule has 4 nitrogen and oxygen atoms in total. The molecular weight excluding hydrogens is 204 g/mol. The van der Waals surface area contributed by atoms with E-state index in [4.69, 9.17) is 10.00 Å². The van der Waals surface area contributed by atoms with E-state index in [1.165, 1.54) is 0 Å². The Kier molecular flexibility index (Phi) is 4.01. The van der Waals surface area contributed by atoms with Crippen LogP contribution >= 0.6 is 0 Å². The highest BCUT2D eigenvalue weighted by Gasteiger charge is 2.35. The number of esters is 1. The molecule has 0 aliphatic carbocycles. The van der Waals surface area contributed by atoms with E-state index in [1.54, 1.807) is 38.4 Å². The lowest BCUT2D eigenvalue weighted by Crippen LogP contribution is -2.30. The van der Waals surface area contributed by atoms with Crippen molar-refractivity contribution in [1.29, 1.82) is 5.26 Å². The summed E-state index contributed by atoms with van der Waals surface area (Å²) in [6.07, 6.45) is 3.61. The van der Waals surface area contributed by atoms with Crippen LogP contribution in [0, 0.1) is 16.7 Å². The first-order valence-corrected chi connectivity index (χ1v) is 5.10. The van der Waals surface area contributed by atoms with Gasteiger partial charge in [-0.25, -0.2) is 0 Å². The average Bonchev–Trinajstić information content (AvgIpc) is 2.30. The summed E-state index contributed by atoms with van der Waals surface area (Å²) in [6, 6.07) is 5.59. The van der Waals surface area contributed by atoms with Gasteiger partial charge in [0.05, 0.1) is 12.7 Å². The third-order valence-electron chi connectivity index (χ3n) is 2.28. The molecule has 1 heterocycles. The summed E-state index contributed by atoms with van der Waals surface area (Å²) in [5.41, 5.74) is -0.232. The fourth-order valence-electron chi connectivity index (χ4n) is 1.36. The summed E-state index contributed by atoms with van der Waals surface area (Å²) in [7, 11) is 0. The van der Waals surface area contributed by atoms with E-state index in [2.05, 4.69) is 4.98 Å². The van der Waals surface area contributed by atoms with Gasteiger partial charge in [-0.05, 0) is 31.5 Å². The van der Waals surface area contributed by atoms with Crippen molar-refractivity contribution in [1.82, 2.24) is 4.98 Å². The minimum absolute atomic E-state index is 0.284. The SMILES string of the molecule is CCOC(=O)[C@](C)(C#N)Cc1ccncc1. The van der Waals surface area contributed by atoms with Gasteiger partial charge in [0.2, 0.25) is 0 Å². The maximum Gasteiger partial charge on any atom is 0.326 e. The van der Waals surface area contributed by atoms with Gasteiger partial charge < -0.3 is 4.74 Å². The van der Waals surface area contributed by atoms with Crippen LogP contribution in [0.4, 0.5) is 0 Å². The molecule has 0 saturated heterocycles. The number of nitriles is 1. The number of hydrogen-bond donors (Lipinski definition) is 0. The van der Waals surface area contributed by atoms with Crippen LogP contribution in [0.3, 0.4) is 0 Å². The fourth-order valence-corrected chi connectivity index (χ4v) is 1.36. The Morgan fingerprint density at radius 3 is 2.69 bits per heavy atom. The van der Waals surface area contributed by atoms with Crippen LogP contribution in [0.1, 0.15) is 19.4 Å². The second-order valence-electron chi connectivity index (χ2n) is 3.70. The van der Waals surface area contributed by atoms with Crippen LogP contribution in [-0.2, 0) is 16.0 Å². The number of nitrogens with zero attached hydrogens (tertiary/aromatic N) is 2. The molecule has 0 N–H and O–H groups in total. The number of rotatable bonds is 4. The van der Waals surface area contributed by atoms with Crippen LogP contribution in [0.25, 0.3) is 0 Å². The highest BCUT2D eigenvalue weighted by Crippen LogP contribution is 2.23. The van der Waals surface area contributed by atoms with E-state index in [0.29, 0.717) is 6.42 Å². The summed E-state index contributed by atoms with van der Waals surface area (Å²) in [6.45, 7) is 3.60. The standard InChI is InChI=1S/C12H14N2O2/c1-3-16-11(15)12(2,9-13)8-10-4-6-14-7-5-10/h4-7H,3,8H2,1-2H3/t12-/m0/s1. The fraction of sp³-hybridized carbons (Fsp3) is 0.417. The van der Waals surface area contributed by atoms with Crippen molar-refractivity contribution in [2.24, 2.45) is 5.41 Å². The molecule has 0 saturated carbocycles. The molecule has 0 fully saturated rings. The minimum Gasteiger partial charge on any atom is -0.465 e. The number of aromatic nitrogens is 1. The third kappa shape index (κ3) is 2.80. The molecule has 84 valence electrons. The summed E-state index contributed by atoms with van der Waals surface area (Å²) < 4.78 is 4.89. The van der Waals surface area contributed by atoms with E-state index in [-0.39, 0.29) is 6.61 Å². The zero-order valence-corrected chi connectivity index (χ0v) is 9.43. The largest absolute Gasteiger partial charge is 0.465 e. The molecule has 0 aliphatic rings. The first-order chi connectivity index (χ1) is 7.62. The highest BCUT2D eigenvalue weighted by molar-refractivity contribution is 5.79. The molecule has 1 atom stereocenters. The van der Waals surface area contributed by atoms with Gasteiger partial charge in [-0.2, -0.15) is 5.26 Å². The monoisotopic (exact) mass is 218 g/mol. The topological polar surface area (TPSA) is 63.0 Å². The maximum absolute atomic E-state index is 11.6. The lowest BCUT2D eigenvalue weighted by Gasteiger charge is -2.19. The van der Waals surface area contributed by atoms with Crippen molar-refractivity contribution in [3.63, 3.8) is 0 Å². The molecule has 1 aromatic heterocycles. The third-order valence-corrected chi connectivity index (χ3v) is 2.28. The van der Waals surface area contributed by atoms with Crippen LogP contribution in [0.5, 0.6) is 0 Å². The molecule has 4 heteroatoms. The summed E-state index contributed by atoms with van der Waals surface area (Å²) in [5, 5.41) is 9.08. The van der Waals surface area contributed by atoms with Gasteiger partial charge in [-0.3, -0.25) is 9.78 Å². The Labute approximate surface area is 94.9 Å². The maximum atomic E-state index is 11.6. The molecule has 0 bridgehead atoms. The molecule has 0 unspecified atom stereocenters. The van der Waals surface area contributed by atoms with Gasteiger partial charge in [0.15, 0.2) is 5.41 Å². The Morgan fingerprint density at radius 2 is 2.19 bits per heavy atom. The Hall–Kier alpha value is -1.89. The first kappa shape index (κ1) is 12.2. The molecule has 0 amide bonds. The average molecular weight is 218 g/mol. The smallest absolute Gasteiger partial charge is 0.326 e. The van der Waals surface area contributed by atoms with Crippen LogP contribution < -0.4 is 0 Å². The van der Waals surface area contributed by atoms with Crippen LogP contribution in [-0.4, -0.2) is 17.6 Å². The van der Waals surface area contributed by atoms with Crippen molar-refractivity contribution in [3.8, 4) is 6.07 Å². The molecule has 0 aromatic carbocycles. The number of hydrogen-bond acceptors (Lipinski definition) is 4. The van der Waals surface area contributed by atoms with Crippen molar-refractivity contribution >= 4 is 5.97 Å². The van der Waals surface area contributed by atoms with Gasteiger partial charge in [-0.15, -0.1) is 0 Å². The first-order valence-electron chi connectivity index (χ1n) is 5.10. The Bertz CT molecular complexity index is 397. The quantitative estimate of drug-likeness (QED) is 0.722. The normalized spacial score (nSPS) is 13.6. The molecular formula is C12H14N2O2. The highest BCUT2D eigenvalue weighted by atomic mass is 16.5. The minimum atomic E-state index is -1.13. The van der Waals surface area contributed by atoms with E-state index in [9.17, 15) is 4.79 Å². The van der Waals surface area contributed by atoms with Crippen molar-refractivity contribution < 1.29 is 9.53 Å². The zero-order chi connectivity index (χ0) is 12.0. The molecule has 1 rings (SSSR count). The molecule has 1 aromatic rings. The molecule has 0 spiro atoms. The Balaban J connectivity index is 2.83. The second kappa shape index (κ2) is 5.26. The molecule has 0 aliphatic heterocycles. The summed E-state index contributed by atoms with van der Waals surface area (Å²) in [5.74, 6) is -0.477. The van der Waals surface area contributed by atoms with Gasteiger partial charge in [0, 0.05) is 18.8 Å². The summed E-state index contributed by atoms with van der Waals surface area (Å²) >= 11 is 0. The molecule has 0 radical (unpaired) electrons. The van der Waals surface area contributed by atoms with E-state index in [1.807, 2.05) is 6.07 Å². The Morgan fingerprint density at radius 1 is 1.56 bits per heavy atom. The lowest BCUT2D eigenvalue weighted by molar-refractivity contribution is -0.151.